The Morgan fingerprint density at radius 2 is 0.870 bits per heavy atom. The van der Waals surface area contributed by atoms with Crippen molar-refractivity contribution in [3.8, 4) is 44.5 Å². The normalized spacial score (nSPS) is 25.8. The highest BCUT2D eigenvalue weighted by Crippen LogP contribution is 2.97. The fourth-order valence-electron chi connectivity index (χ4n) is 13.0. The zero-order chi connectivity index (χ0) is 35.6. The van der Waals surface area contributed by atoms with Gasteiger partial charge in [0, 0.05) is 27.9 Å². The van der Waals surface area contributed by atoms with Crippen LogP contribution in [0.25, 0.3) is 50.6 Å². The van der Waals surface area contributed by atoms with Crippen LogP contribution in [-0.2, 0) is 10.8 Å². The molecule has 7 aromatic carbocycles. The molecule has 2 atom stereocenters. The van der Waals surface area contributed by atoms with Crippen LogP contribution in [0, 0.1) is 17.3 Å². The number of rotatable bonds is 6. The second-order valence-corrected chi connectivity index (χ2v) is 16.7. The van der Waals surface area contributed by atoms with E-state index in [-0.39, 0.29) is 5.41 Å². The first-order valence-corrected chi connectivity index (χ1v) is 19.8. The smallest absolute Gasteiger partial charge is 0.0468 e. The highest BCUT2D eigenvalue weighted by atomic mass is 15.1. The minimum atomic E-state index is 0.259. The fraction of sp³-hybridized carbons (Fsp3) is 0.170. The lowest BCUT2D eigenvalue weighted by atomic mass is 9.07. The quantitative estimate of drug-likeness (QED) is 0.168. The molecule has 0 aromatic heterocycles. The minimum absolute atomic E-state index is 0.259. The summed E-state index contributed by atoms with van der Waals surface area (Å²) in [5.74, 6) is 1.70. The second-order valence-electron chi connectivity index (χ2n) is 16.7. The third kappa shape index (κ3) is 3.65. The van der Waals surface area contributed by atoms with Gasteiger partial charge in [0.05, 0.1) is 0 Å². The first kappa shape index (κ1) is 30.5. The van der Waals surface area contributed by atoms with Gasteiger partial charge in [0.15, 0.2) is 0 Å². The Labute approximate surface area is 318 Å². The number of nitrogens with zero attached hydrogens (tertiary/aromatic N) is 1. The maximum absolute atomic E-state index is 4.11. The molecule has 1 heteroatoms. The van der Waals surface area contributed by atoms with Gasteiger partial charge in [-0.2, -0.15) is 0 Å². The summed E-state index contributed by atoms with van der Waals surface area (Å²) in [4.78, 5) is 2.39. The van der Waals surface area contributed by atoms with E-state index in [1.54, 1.807) is 11.1 Å². The lowest BCUT2D eigenvalue weighted by molar-refractivity contribution is -0.412. The summed E-state index contributed by atoms with van der Waals surface area (Å²) in [6.07, 6.45) is 7.39. The number of para-hydroxylation sites is 2. The summed E-state index contributed by atoms with van der Waals surface area (Å²) in [5, 5.41) is 0. The first-order chi connectivity index (χ1) is 26.6. The van der Waals surface area contributed by atoms with E-state index in [1.165, 1.54) is 75.8 Å². The number of hydrogen-bond donors (Lipinski definition) is 0. The van der Waals surface area contributed by atoms with Gasteiger partial charge < -0.3 is 4.90 Å². The molecule has 2 unspecified atom stereocenters. The molecule has 0 N–H and O–H groups in total. The molecule has 5 aliphatic rings. The van der Waals surface area contributed by atoms with Crippen molar-refractivity contribution in [2.45, 2.75) is 36.5 Å². The molecule has 0 saturated heterocycles. The monoisotopic (exact) mass is 691 g/mol. The zero-order valence-electron chi connectivity index (χ0n) is 30.4. The number of hydrogen-bond acceptors (Lipinski definition) is 1. The molecule has 0 aliphatic heterocycles. The fourth-order valence-corrected chi connectivity index (χ4v) is 13.0. The van der Waals surface area contributed by atoms with E-state index in [0.717, 1.165) is 28.9 Å². The molecule has 4 saturated carbocycles. The van der Waals surface area contributed by atoms with Crippen LogP contribution in [0.5, 0.6) is 0 Å². The van der Waals surface area contributed by atoms with Gasteiger partial charge in [-0.05, 0) is 147 Å². The molecule has 4 fully saturated rings. The zero-order valence-corrected chi connectivity index (χ0v) is 30.4. The van der Waals surface area contributed by atoms with Crippen LogP contribution in [0.2, 0.25) is 0 Å². The van der Waals surface area contributed by atoms with E-state index < -0.39 is 0 Å². The highest BCUT2D eigenvalue weighted by molar-refractivity contribution is 6.04. The van der Waals surface area contributed by atoms with Crippen LogP contribution in [0.3, 0.4) is 0 Å². The molecule has 7 aromatic rings. The molecule has 0 amide bonds. The Hall–Kier alpha value is -5.92. The van der Waals surface area contributed by atoms with Crippen LogP contribution in [0.4, 0.5) is 17.1 Å². The first-order valence-electron chi connectivity index (χ1n) is 19.8. The molecule has 258 valence electrons. The Bertz CT molecular complexity index is 2610. The Morgan fingerprint density at radius 3 is 1.43 bits per heavy atom. The van der Waals surface area contributed by atoms with E-state index in [1.807, 2.05) is 6.08 Å². The standard InChI is InChI=1S/C53H41N/c1-2-35-14-13-15-36(28-35)51-31-38-33-52(34-39(32-51)53(38,51)52)37-24-26-48-49(29-37)46-23-12-11-21-44(46)43-20-9-10-22-45(43)47-27-25-42(30-50(47)48)54(40-16-5-3-6-17-40)41-18-7-4-8-19-41/h2-30,38-39H,1,31-34H2. The van der Waals surface area contributed by atoms with Crippen molar-refractivity contribution in [2.24, 2.45) is 17.3 Å². The van der Waals surface area contributed by atoms with Gasteiger partial charge in [-0.1, -0.05) is 140 Å². The van der Waals surface area contributed by atoms with Crippen molar-refractivity contribution in [1.29, 1.82) is 0 Å². The van der Waals surface area contributed by atoms with Gasteiger partial charge in [-0.3, -0.25) is 0 Å². The third-order valence-corrected chi connectivity index (χ3v) is 14.8. The van der Waals surface area contributed by atoms with E-state index >= 15 is 0 Å². The van der Waals surface area contributed by atoms with E-state index in [0.29, 0.717) is 10.8 Å². The SMILES string of the molecule is C=Cc1cccc(C23CC4CC5(c6ccc7c(c6)-c6ccccc6-c6ccccc6-c6ccc(N(c8ccccc8)c8ccccc8)cc6-7)CC(C2)C435)c1. The molecule has 54 heavy (non-hydrogen) atoms. The van der Waals surface area contributed by atoms with Crippen LogP contribution < -0.4 is 4.90 Å². The molecule has 0 heterocycles. The maximum Gasteiger partial charge on any atom is 0.0468 e. The lowest BCUT2D eigenvalue weighted by Gasteiger charge is -2.96. The number of benzene rings is 7. The predicted molar refractivity (Wildman–Crippen MR) is 224 cm³/mol. The summed E-state index contributed by atoms with van der Waals surface area (Å²) in [5.41, 5.74) is 19.3. The molecule has 1 spiro atoms. The molecular weight excluding hydrogens is 651 g/mol. The Kier molecular flexibility index (Phi) is 6.12. The molecule has 1 nitrogen and oxygen atoms in total. The Morgan fingerprint density at radius 1 is 0.407 bits per heavy atom. The average molecular weight is 692 g/mol. The van der Waals surface area contributed by atoms with Crippen molar-refractivity contribution in [3.05, 3.63) is 193 Å². The average Bonchev–Trinajstić information content (AvgIpc) is 3.20. The largest absolute Gasteiger partial charge is 0.310 e. The van der Waals surface area contributed by atoms with Crippen LogP contribution in [0.15, 0.2) is 176 Å². The summed E-state index contributed by atoms with van der Waals surface area (Å²) in [6, 6.07) is 63.9. The van der Waals surface area contributed by atoms with Crippen molar-refractivity contribution < 1.29 is 0 Å². The van der Waals surface area contributed by atoms with E-state index in [2.05, 4.69) is 181 Å². The molecule has 5 aliphatic carbocycles. The van der Waals surface area contributed by atoms with Crippen LogP contribution in [0.1, 0.15) is 42.4 Å². The summed E-state index contributed by atoms with van der Waals surface area (Å²) >= 11 is 0. The maximum atomic E-state index is 4.11. The van der Waals surface area contributed by atoms with Crippen molar-refractivity contribution >= 4 is 23.1 Å². The van der Waals surface area contributed by atoms with E-state index in [9.17, 15) is 0 Å². The summed E-state index contributed by atoms with van der Waals surface area (Å²) in [7, 11) is 0. The highest BCUT2D eigenvalue weighted by Gasteiger charge is 2.93. The van der Waals surface area contributed by atoms with E-state index in [4.69, 9.17) is 0 Å². The van der Waals surface area contributed by atoms with Gasteiger partial charge in [0.1, 0.15) is 0 Å². The van der Waals surface area contributed by atoms with Gasteiger partial charge >= 0.3 is 0 Å². The van der Waals surface area contributed by atoms with Crippen molar-refractivity contribution in [2.75, 3.05) is 4.90 Å². The van der Waals surface area contributed by atoms with Gasteiger partial charge in [-0.15, -0.1) is 0 Å². The van der Waals surface area contributed by atoms with Crippen LogP contribution >= 0.6 is 0 Å². The molecule has 0 bridgehead atoms. The second kappa shape index (κ2) is 10.8. The minimum Gasteiger partial charge on any atom is -0.310 e. The van der Waals surface area contributed by atoms with Gasteiger partial charge in [0.2, 0.25) is 0 Å². The van der Waals surface area contributed by atoms with Gasteiger partial charge in [-0.25, -0.2) is 0 Å². The molecule has 12 rings (SSSR count). The predicted octanol–water partition coefficient (Wildman–Crippen LogP) is 13.8. The molecular formula is C53H41N. The van der Waals surface area contributed by atoms with Gasteiger partial charge in [0.25, 0.3) is 0 Å². The summed E-state index contributed by atoms with van der Waals surface area (Å²) < 4.78 is 0. The van der Waals surface area contributed by atoms with Crippen molar-refractivity contribution in [3.63, 3.8) is 0 Å². The lowest BCUT2D eigenvalue weighted by Crippen LogP contribution is -2.93. The number of fused-ring (bicyclic) bond motifs is 8. The topological polar surface area (TPSA) is 3.24 Å². The summed E-state index contributed by atoms with van der Waals surface area (Å²) in [6.45, 7) is 4.11. The Balaban J connectivity index is 1.06. The molecule has 0 radical (unpaired) electrons. The van der Waals surface area contributed by atoms with Crippen molar-refractivity contribution in [1.82, 2.24) is 0 Å². The third-order valence-electron chi connectivity index (χ3n) is 14.8. The number of anilines is 3. The van der Waals surface area contributed by atoms with Crippen LogP contribution in [-0.4, -0.2) is 0 Å².